The fourth-order valence-electron chi connectivity index (χ4n) is 1.65. The molecule has 1 aromatic carbocycles. The number of halogens is 1. The van der Waals surface area contributed by atoms with Crippen molar-refractivity contribution in [2.24, 2.45) is 0 Å². The summed E-state index contributed by atoms with van der Waals surface area (Å²) in [6.45, 7) is 4.33. The van der Waals surface area contributed by atoms with Crippen molar-refractivity contribution >= 4 is 48.5 Å². The zero-order chi connectivity index (χ0) is 14.8. The van der Waals surface area contributed by atoms with Crippen LogP contribution in [0, 0.1) is 0 Å². The molecule has 4 nitrogen and oxygen atoms in total. The summed E-state index contributed by atoms with van der Waals surface area (Å²) in [7, 11) is 3.23. The molecule has 0 aliphatic heterocycles. The highest BCUT2D eigenvalue weighted by molar-refractivity contribution is 9.10. The molecule has 2 heterocycles. The monoisotopic (exact) mass is 384 g/mol. The van der Waals surface area contributed by atoms with E-state index in [1.807, 2.05) is 24.3 Å². The molecule has 110 valence electrons. The first-order valence-corrected chi connectivity index (χ1v) is 9.52. The molecule has 0 spiro atoms. The number of hydrogen-bond acceptors (Lipinski definition) is 6. The van der Waals surface area contributed by atoms with Crippen molar-refractivity contribution in [1.29, 1.82) is 0 Å². The largest absolute Gasteiger partial charge is 0.451 e. The van der Waals surface area contributed by atoms with Crippen molar-refractivity contribution < 1.29 is 8.83 Å². The van der Waals surface area contributed by atoms with E-state index in [2.05, 4.69) is 40.0 Å². The molecule has 3 rings (SSSR count). The Morgan fingerprint density at radius 2 is 2.10 bits per heavy atom. The maximum absolute atomic E-state index is 5.74. The van der Waals surface area contributed by atoms with Gasteiger partial charge in [-0.1, -0.05) is 45.7 Å². The lowest BCUT2D eigenvalue weighted by atomic mass is 10.2. The molecule has 0 amide bonds. The topological polar surface area (TPSA) is 52.1 Å². The molecule has 0 saturated carbocycles. The highest BCUT2D eigenvalue weighted by atomic mass is 79.9. The Balaban J connectivity index is 1.81. The van der Waals surface area contributed by atoms with Crippen LogP contribution in [0.4, 0.5) is 0 Å². The quantitative estimate of drug-likeness (QED) is 0.519. The van der Waals surface area contributed by atoms with Gasteiger partial charge in [0, 0.05) is 25.9 Å². The van der Waals surface area contributed by atoms with Gasteiger partial charge in [0.25, 0.3) is 11.1 Å². The van der Waals surface area contributed by atoms with Gasteiger partial charge >= 0.3 is 0 Å². The Kier molecular flexibility index (Phi) is 4.61. The summed E-state index contributed by atoms with van der Waals surface area (Å²) < 4.78 is 12.4. The minimum Gasteiger partial charge on any atom is -0.451 e. The smallest absolute Gasteiger partial charge is 0.287 e. The van der Waals surface area contributed by atoms with E-state index in [0.717, 1.165) is 21.9 Å². The number of furan rings is 1. The Morgan fingerprint density at radius 3 is 2.90 bits per heavy atom. The third-order valence-electron chi connectivity index (χ3n) is 2.95. The minimum absolute atomic E-state index is 0.412. The lowest BCUT2D eigenvalue weighted by Crippen LogP contribution is -1.88. The summed E-state index contributed by atoms with van der Waals surface area (Å²) in [6, 6.07) is 7.75. The lowest BCUT2D eigenvalue weighted by molar-refractivity contribution is 0.453. The van der Waals surface area contributed by atoms with Crippen LogP contribution in [0.3, 0.4) is 0 Å². The van der Waals surface area contributed by atoms with Crippen LogP contribution in [0.15, 0.2) is 42.8 Å². The Hall–Kier alpha value is -0.920. The van der Waals surface area contributed by atoms with Gasteiger partial charge in [-0.15, -0.1) is 5.10 Å². The molecule has 7 heteroatoms. The summed E-state index contributed by atoms with van der Waals surface area (Å²) in [4.78, 5) is 0. The van der Waals surface area contributed by atoms with Crippen molar-refractivity contribution in [2.75, 3.05) is 0 Å². The molecule has 0 aliphatic carbocycles. The number of rotatable bonds is 5. The van der Waals surface area contributed by atoms with Crippen LogP contribution in [0.1, 0.15) is 20.3 Å². The van der Waals surface area contributed by atoms with Crippen LogP contribution in [-0.2, 0) is 0 Å². The molecule has 0 saturated heterocycles. The van der Waals surface area contributed by atoms with Gasteiger partial charge in [-0.05, 0) is 30.7 Å². The standard InChI is InChI=1S/C14H13BrN2O2S2/c1-3-8(2)20-21-14-17-16-13(19-14)12-7-9-6-10(15)4-5-11(9)18-12/h4-8H,3H2,1-2H3. The van der Waals surface area contributed by atoms with Crippen molar-refractivity contribution in [3.63, 3.8) is 0 Å². The van der Waals surface area contributed by atoms with Gasteiger partial charge in [-0.25, -0.2) is 0 Å². The summed E-state index contributed by atoms with van der Waals surface area (Å²) in [5.74, 6) is 1.01. The number of aromatic nitrogens is 2. The van der Waals surface area contributed by atoms with E-state index < -0.39 is 0 Å². The van der Waals surface area contributed by atoms with Crippen LogP contribution in [0.25, 0.3) is 22.6 Å². The summed E-state index contributed by atoms with van der Waals surface area (Å²) in [6.07, 6.45) is 1.11. The molecular weight excluding hydrogens is 372 g/mol. The molecule has 3 aromatic rings. The maximum Gasteiger partial charge on any atom is 0.287 e. The van der Waals surface area contributed by atoms with E-state index in [0.29, 0.717) is 22.1 Å². The van der Waals surface area contributed by atoms with Gasteiger partial charge in [0.05, 0.1) is 0 Å². The van der Waals surface area contributed by atoms with Gasteiger partial charge < -0.3 is 8.83 Å². The predicted molar refractivity (Wildman–Crippen MR) is 90.4 cm³/mol. The molecular formula is C14H13BrN2O2S2. The van der Waals surface area contributed by atoms with Gasteiger partial charge in [0.1, 0.15) is 5.58 Å². The number of benzene rings is 1. The molecule has 0 bridgehead atoms. The fraction of sp³-hybridized carbons (Fsp3) is 0.286. The normalized spacial score (nSPS) is 12.9. The SMILES string of the molecule is CCC(C)SSc1nnc(-c2cc3cc(Br)ccc3o2)o1. The van der Waals surface area contributed by atoms with Crippen LogP contribution in [0.2, 0.25) is 0 Å². The number of nitrogens with zero attached hydrogens (tertiary/aromatic N) is 2. The first-order chi connectivity index (χ1) is 10.2. The average Bonchev–Trinajstić information content (AvgIpc) is 3.10. The van der Waals surface area contributed by atoms with Crippen LogP contribution < -0.4 is 0 Å². The molecule has 0 N–H and O–H groups in total. The first-order valence-electron chi connectivity index (χ1n) is 6.52. The van der Waals surface area contributed by atoms with Gasteiger partial charge in [-0.3, -0.25) is 0 Å². The average molecular weight is 385 g/mol. The summed E-state index contributed by atoms with van der Waals surface area (Å²) in [5, 5.41) is 10.2. The zero-order valence-electron chi connectivity index (χ0n) is 11.5. The summed E-state index contributed by atoms with van der Waals surface area (Å²) >= 11 is 3.44. The highest BCUT2D eigenvalue weighted by Gasteiger charge is 2.15. The summed E-state index contributed by atoms with van der Waals surface area (Å²) in [5.41, 5.74) is 0.801. The van der Waals surface area contributed by atoms with Gasteiger partial charge in [0.2, 0.25) is 0 Å². The van der Waals surface area contributed by atoms with Gasteiger partial charge in [-0.2, -0.15) is 0 Å². The maximum atomic E-state index is 5.74. The van der Waals surface area contributed by atoms with E-state index in [1.54, 1.807) is 10.8 Å². The predicted octanol–water partition coefficient (Wildman–Crippen LogP) is 5.78. The zero-order valence-corrected chi connectivity index (χ0v) is 14.7. The van der Waals surface area contributed by atoms with E-state index >= 15 is 0 Å². The second kappa shape index (κ2) is 6.46. The van der Waals surface area contributed by atoms with Crippen molar-refractivity contribution in [3.8, 4) is 11.7 Å². The van der Waals surface area contributed by atoms with E-state index in [1.165, 1.54) is 10.8 Å². The Bertz CT molecular complexity index is 756. The third-order valence-corrected chi connectivity index (χ3v) is 6.22. The van der Waals surface area contributed by atoms with Crippen molar-refractivity contribution in [1.82, 2.24) is 10.2 Å². The van der Waals surface area contributed by atoms with Crippen molar-refractivity contribution in [3.05, 3.63) is 28.7 Å². The molecule has 21 heavy (non-hydrogen) atoms. The fourth-order valence-corrected chi connectivity index (χ4v) is 3.95. The molecule has 0 aliphatic rings. The molecule has 2 aromatic heterocycles. The van der Waals surface area contributed by atoms with E-state index in [-0.39, 0.29) is 0 Å². The van der Waals surface area contributed by atoms with Crippen LogP contribution in [-0.4, -0.2) is 15.4 Å². The Morgan fingerprint density at radius 1 is 1.24 bits per heavy atom. The van der Waals surface area contributed by atoms with E-state index in [4.69, 9.17) is 8.83 Å². The second-order valence-corrected chi connectivity index (χ2v) is 8.07. The van der Waals surface area contributed by atoms with Crippen molar-refractivity contribution in [2.45, 2.75) is 30.7 Å². The molecule has 0 fully saturated rings. The molecule has 1 unspecified atom stereocenters. The Labute approximate surface area is 138 Å². The number of hydrogen-bond donors (Lipinski definition) is 0. The minimum atomic E-state index is 0.412. The molecule has 1 atom stereocenters. The first kappa shape index (κ1) is 15.0. The third kappa shape index (κ3) is 3.46. The number of fused-ring (bicyclic) bond motifs is 1. The van der Waals surface area contributed by atoms with Crippen LogP contribution in [0.5, 0.6) is 0 Å². The van der Waals surface area contributed by atoms with E-state index in [9.17, 15) is 0 Å². The second-order valence-electron chi connectivity index (χ2n) is 4.56. The van der Waals surface area contributed by atoms with Crippen LogP contribution >= 0.6 is 37.5 Å². The van der Waals surface area contributed by atoms with Gasteiger partial charge in [0.15, 0.2) is 5.76 Å². The lowest BCUT2D eigenvalue weighted by Gasteiger charge is -2.02. The highest BCUT2D eigenvalue weighted by Crippen LogP contribution is 2.36. The molecule has 0 radical (unpaired) electrons.